The normalized spacial score (nSPS) is 14.4. The summed E-state index contributed by atoms with van der Waals surface area (Å²) in [6, 6.07) is 0. The fourth-order valence-electron chi connectivity index (χ4n) is 1.10. The lowest BCUT2D eigenvalue weighted by atomic mass is 10.1. The van der Waals surface area contributed by atoms with Gasteiger partial charge in [0.1, 0.15) is 5.37 Å². The first kappa shape index (κ1) is 12.9. The molecule has 0 aromatic rings. The Balaban J connectivity index is 3.44. The highest BCUT2D eigenvalue weighted by Crippen LogP contribution is 2.08. The Morgan fingerprint density at radius 1 is 1.23 bits per heavy atom. The summed E-state index contributed by atoms with van der Waals surface area (Å²) in [7, 11) is -4.02. The standard InChI is InChI=1S/C8H19NO3S/c1-2-3-4-5-6-7-8(9)13(10,11)12/h8H,2-7,9H2,1H3,(H,10,11,12). The van der Waals surface area contributed by atoms with E-state index in [0.717, 1.165) is 25.7 Å². The molecule has 1 atom stereocenters. The van der Waals surface area contributed by atoms with Crippen LogP contribution in [0, 0.1) is 0 Å². The molecule has 1 unspecified atom stereocenters. The average Bonchev–Trinajstić information content (AvgIpc) is 2.02. The summed E-state index contributed by atoms with van der Waals surface area (Å²) in [5.74, 6) is 0. The van der Waals surface area contributed by atoms with Gasteiger partial charge >= 0.3 is 0 Å². The zero-order valence-electron chi connectivity index (χ0n) is 8.07. The summed E-state index contributed by atoms with van der Waals surface area (Å²) in [5, 5.41) is -1.10. The van der Waals surface area contributed by atoms with Crippen LogP contribution in [0.5, 0.6) is 0 Å². The molecule has 0 fully saturated rings. The maximum absolute atomic E-state index is 10.5. The van der Waals surface area contributed by atoms with Crippen molar-refractivity contribution in [1.82, 2.24) is 0 Å². The summed E-state index contributed by atoms with van der Waals surface area (Å²) >= 11 is 0. The van der Waals surface area contributed by atoms with Gasteiger partial charge in [-0.25, -0.2) is 0 Å². The molecule has 0 saturated carbocycles. The van der Waals surface area contributed by atoms with E-state index in [-0.39, 0.29) is 0 Å². The van der Waals surface area contributed by atoms with Gasteiger partial charge in [0, 0.05) is 0 Å². The van der Waals surface area contributed by atoms with Crippen molar-refractivity contribution >= 4 is 10.1 Å². The number of hydrogen-bond acceptors (Lipinski definition) is 3. The maximum Gasteiger partial charge on any atom is 0.280 e. The molecule has 0 radical (unpaired) electrons. The Kier molecular flexibility index (Phi) is 6.28. The minimum absolute atomic E-state index is 0.350. The lowest BCUT2D eigenvalue weighted by Gasteiger charge is -2.06. The molecule has 5 heteroatoms. The molecule has 3 N–H and O–H groups in total. The minimum Gasteiger partial charge on any atom is -0.313 e. The van der Waals surface area contributed by atoms with Gasteiger partial charge in [-0.05, 0) is 6.42 Å². The smallest absolute Gasteiger partial charge is 0.280 e. The van der Waals surface area contributed by atoms with Gasteiger partial charge in [0.25, 0.3) is 10.1 Å². The highest BCUT2D eigenvalue weighted by Gasteiger charge is 2.16. The highest BCUT2D eigenvalue weighted by atomic mass is 32.2. The maximum atomic E-state index is 10.5. The van der Waals surface area contributed by atoms with E-state index in [1.807, 2.05) is 0 Å². The SMILES string of the molecule is CCCCCCCC(N)S(=O)(=O)O. The van der Waals surface area contributed by atoms with Gasteiger partial charge in [0.2, 0.25) is 0 Å². The van der Waals surface area contributed by atoms with E-state index in [2.05, 4.69) is 6.92 Å². The fourth-order valence-corrected chi connectivity index (χ4v) is 1.56. The fraction of sp³-hybridized carbons (Fsp3) is 1.00. The van der Waals surface area contributed by atoms with Crippen LogP contribution in [-0.4, -0.2) is 18.3 Å². The van der Waals surface area contributed by atoms with Crippen molar-refractivity contribution in [2.24, 2.45) is 5.73 Å². The van der Waals surface area contributed by atoms with Crippen molar-refractivity contribution in [2.75, 3.05) is 0 Å². The van der Waals surface area contributed by atoms with Gasteiger partial charge in [-0.2, -0.15) is 8.42 Å². The van der Waals surface area contributed by atoms with Crippen LogP contribution in [0.1, 0.15) is 45.4 Å². The Morgan fingerprint density at radius 2 is 1.77 bits per heavy atom. The lowest BCUT2D eigenvalue weighted by Crippen LogP contribution is -2.29. The molecule has 13 heavy (non-hydrogen) atoms. The van der Waals surface area contributed by atoms with E-state index in [4.69, 9.17) is 10.3 Å². The average molecular weight is 209 g/mol. The number of unbranched alkanes of at least 4 members (excludes halogenated alkanes) is 4. The number of rotatable bonds is 7. The van der Waals surface area contributed by atoms with Crippen molar-refractivity contribution in [3.63, 3.8) is 0 Å². The van der Waals surface area contributed by atoms with E-state index in [1.165, 1.54) is 6.42 Å². The monoisotopic (exact) mass is 209 g/mol. The van der Waals surface area contributed by atoms with Crippen LogP contribution in [0.3, 0.4) is 0 Å². The molecule has 0 aliphatic heterocycles. The molecule has 80 valence electrons. The van der Waals surface area contributed by atoms with E-state index in [1.54, 1.807) is 0 Å². The summed E-state index contributed by atoms with van der Waals surface area (Å²) < 4.78 is 29.5. The zero-order valence-corrected chi connectivity index (χ0v) is 8.89. The van der Waals surface area contributed by atoms with Crippen molar-refractivity contribution in [2.45, 2.75) is 50.8 Å². The summed E-state index contributed by atoms with van der Waals surface area (Å²) in [5.41, 5.74) is 5.23. The van der Waals surface area contributed by atoms with Crippen LogP contribution in [-0.2, 0) is 10.1 Å². The molecular formula is C8H19NO3S. The van der Waals surface area contributed by atoms with Gasteiger partial charge in [-0.1, -0.05) is 39.0 Å². The molecule has 0 aromatic carbocycles. The Bertz CT molecular complexity index is 213. The molecule has 0 aromatic heterocycles. The predicted octanol–water partition coefficient (Wildman–Crippen LogP) is 1.52. The molecule has 4 nitrogen and oxygen atoms in total. The predicted molar refractivity (Wildman–Crippen MR) is 52.9 cm³/mol. The third-order valence-electron chi connectivity index (χ3n) is 1.97. The third kappa shape index (κ3) is 6.98. The minimum atomic E-state index is -4.02. The lowest BCUT2D eigenvalue weighted by molar-refractivity contribution is 0.458. The van der Waals surface area contributed by atoms with Gasteiger partial charge in [-0.15, -0.1) is 0 Å². The van der Waals surface area contributed by atoms with Gasteiger partial charge < -0.3 is 5.73 Å². The largest absolute Gasteiger partial charge is 0.313 e. The van der Waals surface area contributed by atoms with Gasteiger partial charge in [0.15, 0.2) is 0 Å². The van der Waals surface area contributed by atoms with E-state index < -0.39 is 15.5 Å². The zero-order chi connectivity index (χ0) is 10.3. The van der Waals surface area contributed by atoms with E-state index in [9.17, 15) is 8.42 Å². The van der Waals surface area contributed by atoms with Crippen molar-refractivity contribution in [3.8, 4) is 0 Å². The van der Waals surface area contributed by atoms with Crippen LogP contribution >= 0.6 is 0 Å². The van der Waals surface area contributed by atoms with Crippen LogP contribution in [0.4, 0.5) is 0 Å². The molecular weight excluding hydrogens is 190 g/mol. The number of nitrogens with two attached hydrogens (primary N) is 1. The van der Waals surface area contributed by atoms with Gasteiger partial charge in [0.05, 0.1) is 0 Å². The molecule has 0 amide bonds. The molecule has 0 saturated heterocycles. The number of hydrogen-bond donors (Lipinski definition) is 2. The first-order chi connectivity index (χ1) is 5.98. The second-order valence-corrected chi connectivity index (χ2v) is 4.89. The van der Waals surface area contributed by atoms with Gasteiger partial charge in [-0.3, -0.25) is 4.55 Å². The van der Waals surface area contributed by atoms with Crippen LogP contribution in [0.2, 0.25) is 0 Å². The van der Waals surface area contributed by atoms with E-state index >= 15 is 0 Å². The molecule has 0 heterocycles. The summed E-state index contributed by atoms with van der Waals surface area (Å²) in [4.78, 5) is 0. The molecule has 0 aliphatic rings. The van der Waals surface area contributed by atoms with Crippen LogP contribution in [0.25, 0.3) is 0 Å². The van der Waals surface area contributed by atoms with Crippen LogP contribution < -0.4 is 5.73 Å². The molecule has 0 spiro atoms. The molecule has 0 rings (SSSR count). The Morgan fingerprint density at radius 3 is 2.23 bits per heavy atom. The van der Waals surface area contributed by atoms with E-state index in [0.29, 0.717) is 6.42 Å². The van der Waals surface area contributed by atoms with Crippen molar-refractivity contribution < 1.29 is 13.0 Å². The first-order valence-corrected chi connectivity index (χ1v) is 6.20. The molecule has 0 bridgehead atoms. The van der Waals surface area contributed by atoms with Crippen molar-refractivity contribution in [3.05, 3.63) is 0 Å². The Labute approximate surface area is 80.3 Å². The second kappa shape index (κ2) is 6.34. The summed E-state index contributed by atoms with van der Waals surface area (Å²) in [6.07, 6.45) is 5.53. The third-order valence-corrected chi connectivity index (χ3v) is 2.98. The topological polar surface area (TPSA) is 80.4 Å². The van der Waals surface area contributed by atoms with Crippen LogP contribution in [0.15, 0.2) is 0 Å². The first-order valence-electron chi connectivity index (χ1n) is 4.70. The van der Waals surface area contributed by atoms with Crippen molar-refractivity contribution in [1.29, 1.82) is 0 Å². The Hall–Kier alpha value is -0.130. The highest BCUT2D eigenvalue weighted by molar-refractivity contribution is 7.86. The molecule has 0 aliphatic carbocycles. The second-order valence-electron chi connectivity index (χ2n) is 3.26. The summed E-state index contributed by atoms with van der Waals surface area (Å²) in [6.45, 7) is 2.11. The quantitative estimate of drug-likeness (QED) is 0.492.